The van der Waals surface area contributed by atoms with E-state index in [1.165, 1.54) is 0 Å². The molecule has 0 amide bonds. The van der Waals surface area contributed by atoms with Gasteiger partial charge in [-0.3, -0.25) is 9.79 Å². The summed E-state index contributed by atoms with van der Waals surface area (Å²) < 4.78 is 5.95. The fraction of sp³-hybridized carbons (Fsp3) is 0.0968. The summed E-state index contributed by atoms with van der Waals surface area (Å²) in [5, 5.41) is 16.1. The predicted molar refractivity (Wildman–Crippen MR) is 148 cm³/mol. The van der Waals surface area contributed by atoms with Crippen molar-refractivity contribution in [2.24, 2.45) is 4.99 Å². The standard InChI is InChI=1S/C31H23ClN2O3/c1-18-21-15-22(28(35)17-29(21)37-31(18)30(36)19-9-3-2-4-10-19)27-16-26(20-11-5-6-12-23(20)32)33-24-13-7-8-14-25(24)34-27/h2-15,17,26,33,35H,16H2,1H3. The lowest BCUT2D eigenvalue weighted by atomic mass is 9.95. The fourth-order valence-corrected chi connectivity index (χ4v) is 5.12. The molecule has 5 nitrogen and oxygen atoms in total. The summed E-state index contributed by atoms with van der Waals surface area (Å²) in [6.45, 7) is 1.86. The van der Waals surface area contributed by atoms with Crippen LogP contribution < -0.4 is 5.32 Å². The number of carbonyl (C=O) groups excluding carboxylic acids is 1. The van der Waals surface area contributed by atoms with Gasteiger partial charge in [0.1, 0.15) is 11.3 Å². The average Bonchev–Trinajstić information content (AvgIpc) is 3.10. The Kier molecular flexibility index (Phi) is 5.78. The number of nitrogens with one attached hydrogen (secondary N) is 1. The Labute approximate surface area is 219 Å². The molecule has 37 heavy (non-hydrogen) atoms. The lowest BCUT2D eigenvalue weighted by Crippen LogP contribution is -2.15. The number of phenolic OH excluding ortho intramolecular Hbond substituents is 1. The molecule has 0 saturated carbocycles. The van der Waals surface area contributed by atoms with Crippen LogP contribution in [0, 0.1) is 6.92 Å². The number of hydrogen-bond donors (Lipinski definition) is 2. The van der Waals surface area contributed by atoms with Crippen molar-refractivity contribution < 1.29 is 14.3 Å². The van der Waals surface area contributed by atoms with Crippen LogP contribution in [0.1, 0.15) is 45.3 Å². The van der Waals surface area contributed by atoms with Crippen LogP contribution in [0.3, 0.4) is 0 Å². The zero-order valence-corrected chi connectivity index (χ0v) is 20.8. The molecule has 1 aliphatic rings. The van der Waals surface area contributed by atoms with E-state index >= 15 is 0 Å². The molecule has 1 aromatic heterocycles. The number of anilines is 1. The molecule has 0 radical (unpaired) electrons. The smallest absolute Gasteiger partial charge is 0.228 e. The van der Waals surface area contributed by atoms with Crippen LogP contribution in [0.15, 0.2) is 100 Å². The SMILES string of the molecule is Cc1c(C(=O)c2ccccc2)oc2cc(O)c(C3=Nc4ccccc4NC(c4ccccc4Cl)C3)cc12. The second-order valence-electron chi connectivity index (χ2n) is 9.12. The number of rotatable bonds is 4. The minimum Gasteiger partial charge on any atom is -0.507 e. The summed E-state index contributed by atoms with van der Waals surface area (Å²) in [5.41, 5.74) is 5.63. The summed E-state index contributed by atoms with van der Waals surface area (Å²) in [7, 11) is 0. The van der Waals surface area contributed by atoms with Crippen molar-refractivity contribution in [3.05, 3.63) is 124 Å². The summed E-state index contributed by atoms with van der Waals surface area (Å²) in [6.07, 6.45) is 0.490. The van der Waals surface area contributed by atoms with Crippen LogP contribution in [0.2, 0.25) is 5.02 Å². The van der Waals surface area contributed by atoms with Gasteiger partial charge in [-0.25, -0.2) is 0 Å². The van der Waals surface area contributed by atoms with E-state index in [2.05, 4.69) is 5.32 Å². The Bertz CT molecular complexity index is 1690. The quantitative estimate of drug-likeness (QED) is 0.242. The highest BCUT2D eigenvalue weighted by atomic mass is 35.5. The van der Waals surface area contributed by atoms with Gasteiger partial charge in [0.2, 0.25) is 5.78 Å². The summed E-state index contributed by atoms with van der Waals surface area (Å²) >= 11 is 6.57. The van der Waals surface area contributed by atoms with Gasteiger partial charge >= 0.3 is 0 Å². The number of furan rings is 1. The van der Waals surface area contributed by atoms with Crippen molar-refractivity contribution in [2.45, 2.75) is 19.4 Å². The van der Waals surface area contributed by atoms with E-state index in [-0.39, 0.29) is 23.3 Å². The van der Waals surface area contributed by atoms with Crippen LogP contribution >= 0.6 is 11.6 Å². The van der Waals surface area contributed by atoms with Gasteiger partial charge in [0.05, 0.1) is 23.1 Å². The average molecular weight is 507 g/mol. The van der Waals surface area contributed by atoms with Crippen LogP contribution in [0.4, 0.5) is 11.4 Å². The number of benzene rings is 4. The lowest BCUT2D eigenvalue weighted by Gasteiger charge is -2.20. The first-order valence-corrected chi connectivity index (χ1v) is 12.4. The van der Waals surface area contributed by atoms with E-state index in [4.69, 9.17) is 21.0 Å². The highest BCUT2D eigenvalue weighted by molar-refractivity contribution is 6.31. The fourth-order valence-electron chi connectivity index (χ4n) is 4.86. The number of nitrogens with zero attached hydrogens (tertiary/aromatic N) is 1. The van der Waals surface area contributed by atoms with Gasteiger partial charge in [-0.05, 0) is 36.8 Å². The Morgan fingerprint density at radius 2 is 1.73 bits per heavy atom. The third-order valence-corrected chi connectivity index (χ3v) is 7.12. The molecule has 6 rings (SSSR count). The molecule has 0 bridgehead atoms. The maximum Gasteiger partial charge on any atom is 0.228 e. The highest BCUT2D eigenvalue weighted by Crippen LogP contribution is 2.40. The molecule has 1 unspecified atom stereocenters. The second kappa shape index (κ2) is 9.26. The predicted octanol–water partition coefficient (Wildman–Crippen LogP) is 8.01. The molecule has 6 heteroatoms. The van der Waals surface area contributed by atoms with Gasteiger partial charge in [-0.1, -0.05) is 72.3 Å². The first-order chi connectivity index (χ1) is 18.0. The van der Waals surface area contributed by atoms with Crippen molar-refractivity contribution in [1.82, 2.24) is 0 Å². The molecule has 5 aromatic rings. The van der Waals surface area contributed by atoms with Crippen molar-refractivity contribution in [1.29, 1.82) is 0 Å². The van der Waals surface area contributed by atoms with Gasteiger partial charge in [-0.2, -0.15) is 0 Å². The van der Waals surface area contributed by atoms with Crippen molar-refractivity contribution in [3.8, 4) is 5.75 Å². The first kappa shape index (κ1) is 23.1. The number of aromatic hydroxyl groups is 1. The van der Waals surface area contributed by atoms with E-state index in [0.717, 1.165) is 27.9 Å². The van der Waals surface area contributed by atoms with E-state index in [1.54, 1.807) is 18.2 Å². The summed E-state index contributed by atoms with van der Waals surface area (Å²) in [4.78, 5) is 18.1. The number of aliphatic imine (C=N–C) groups is 1. The van der Waals surface area contributed by atoms with E-state index in [1.807, 2.05) is 79.7 Å². The molecular weight excluding hydrogens is 484 g/mol. The van der Waals surface area contributed by atoms with Crippen molar-refractivity contribution in [3.63, 3.8) is 0 Å². The Morgan fingerprint density at radius 3 is 2.54 bits per heavy atom. The van der Waals surface area contributed by atoms with E-state index in [0.29, 0.717) is 33.9 Å². The van der Waals surface area contributed by atoms with Gasteiger partial charge in [0, 0.05) is 39.6 Å². The molecule has 0 aliphatic carbocycles. The number of aryl methyl sites for hydroxylation is 1. The largest absolute Gasteiger partial charge is 0.507 e. The van der Waals surface area contributed by atoms with Crippen molar-refractivity contribution in [2.75, 3.05) is 5.32 Å². The molecule has 1 atom stereocenters. The zero-order valence-electron chi connectivity index (χ0n) is 20.0. The van der Waals surface area contributed by atoms with Crippen LogP contribution in [0.5, 0.6) is 5.75 Å². The Balaban J connectivity index is 1.48. The topological polar surface area (TPSA) is 74.8 Å². The number of carbonyl (C=O) groups is 1. The molecule has 4 aromatic carbocycles. The van der Waals surface area contributed by atoms with Gasteiger partial charge < -0.3 is 14.8 Å². The third kappa shape index (κ3) is 4.17. The molecule has 0 saturated heterocycles. The number of hydrogen-bond acceptors (Lipinski definition) is 5. The zero-order chi connectivity index (χ0) is 25.5. The van der Waals surface area contributed by atoms with Crippen LogP contribution in [0.25, 0.3) is 11.0 Å². The third-order valence-electron chi connectivity index (χ3n) is 6.77. The second-order valence-corrected chi connectivity index (χ2v) is 9.52. The van der Waals surface area contributed by atoms with E-state index in [9.17, 15) is 9.90 Å². The number of para-hydroxylation sites is 2. The number of ketones is 1. The highest BCUT2D eigenvalue weighted by Gasteiger charge is 2.26. The molecule has 0 fully saturated rings. The maximum atomic E-state index is 13.1. The van der Waals surface area contributed by atoms with Crippen LogP contribution in [-0.4, -0.2) is 16.6 Å². The van der Waals surface area contributed by atoms with Crippen molar-refractivity contribution >= 4 is 45.4 Å². The Hall–Kier alpha value is -4.35. The number of halogens is 1. The summed E-state index contributed by atoms with van der Waals surface area (Å²) in [5.74, 6) is 0.108. The monoisotopic (exact) mass is 506 g/mol. The minimum atomic E-state index is -0.195. The first-order valence-electron chi connectivity index (χ1n) is 12.0. The minimum absolute atomic E-state index is 0.0380. The molecule has 2 N–H and O–H groups in total. The normalized spacial score (nSPS) is 15.0. The number of phenols is 1. The Morgan fingerprint density at radius 1 is 1.00 bits per heavy atom. The molecular formula is C31H23ClN2O3. The summed E-state index contributed by atoms with van der Waals surface area (Å²) in [6, 6.07) is 27.8. The van der Waals surface area contributed by atoms with Gasteiger partial charge in [0.25, 0.3) is 0 Å². The number of fused-ring (bicyclic) bond motifs is 2. The molecule has 1 aliphatic heterocycles. The lowest BCUT2D eigenvalue weighted by molar-refractivity contribution is 0.101. The van der Waals surface area contributed by atoms with Gasteiger partial charge in [-0.15, -0.1) is 0 Å². The van der Waals surface area contributed by atoms with Crippen LogP contribution in [-0.2, 0) is 0 Å². The van der Waals surface area contributed by atoms with Gasteiger partial charge in [0.15, 0.2) is 5.76 Å². The maximum absolute atomic E-state index is 13.1. The molecule has 0 spiro atoms. The molecule has 182 valence electrons. The van der Waals surface area contributed by atoms with E-state index < -0.39 is 0 Å². The molecule has 2 heterocycles.